The second-order valence-corrected chi connectivity index (χ2v) is 6.78. The van der Waals surface area contributed by atoms with Gasteiger partial charge in [0.25, 0.3) is 0 Å². The molecule has 6 nitrogen and oxygen atoms in total. The van der Waals surface area contributed by atoms with Crippen LogP contribution in [0.2, 0.25) is 0 Å². The maximum absolute atomic E-state index is 9.80. The van der Waals surface area contributed by atoms with Crippen molar-refractivity contribution in [2.75, 3.05) is 26.2 Å². The lowest BCUT2D eigenvalue weighted by molar-refractivity contribution is 0.178. The fourth-order valence-corrected chi connectivity index (χ4v) is 2.86. The average Bonchev–Trinajstić information content (AvgIpc) is 2.58. The number of guanidine groups is 1. The fraction of sp³-hybridized carbons (Fsp3) is 0.650. The summed E-state index contributed by atoms with van der Waals surface area (Å²) in [5.74, 6) is 1.46. The number of ether oxygens (including phenoxy) is 1. The summed E-state index contributed by atoms with van der Waals surface area (Å²) in [6.45, 7) is 16.5. The highest BCUT2D eigenvalue weighted by Crippen LogP contribution is 2.27. The summed E-state index contributed by atoms with van der Waals surface area (Å²) in [7, 11) is 0. The van der Waals surface area contributed by atoms with Crippen LogP contribution in [-0.2, 0) is 6.54 Å². The molecule has 0 bridgehead atoms. The van der Waals surface area contributed by atoms with E-state index in [1.165, 1.54) is 0 Å². The van der Waals surface area contributed by atoms with Crippen molar-refractivity contribution in [3.63, 3.8) is 0 Å². The van der Waals surface area contributed by atoms with E-state index >= 15 is 0 Å². The number of nitrogens with one attached hydrogen (secondary N) is 2. The van der Waals surface area contributed by atoms with Gasteiger partial charge in [0.2, 0.25) is 0 Å². The highest BCUT2D eigenvalue weighted by atomic mass is 127. The number of hydrogen-bond donors (Lipinski definition) is 3. The van der Waals surface area contributed by atoms with Crippen LogP contribution in [0.1, 0.15) is 47.1 Å². The Kier molecular flexibility index (Phi) is 13.2. The first-order valence-electron chi connectivity index (χ1n) is 9.61. The van der Waals surface area contributed by atoms with Crippen molar-refractivity contribution >= 4 is 29.9 Å². The molecular weight excluding hydrogens is 455 g/mol. The van der Waals surface area contributed by atoms with Gasteiger partial charge in [0.05, 0.1) is 13.2 Å². The number of phenolic OH excluding ortho intramolecular Hbond substituents is 1. The van der Waals surface area contributed by atoms with Crippen molar-refractivity contribution in [2.24, 2.45) is 4.99 Å². The summed E-state index contributed by atoms with van der Waals surface area (Å²) >= 11 is 0. The monoisotopic (exact) mass is 492 g/mol. The van der Waals surface area contributed by atoms with Crippen LogP contribution in [0.15, 0.2) is 23.2 Å². The molecule has 1 aromatic carbocycles. The molecule has 27 heavy (non-hydrogen) atoms. The number of nitrogens with zero attached hydrogens (tertiary/aromatic N) is 2. The third-order valence-electron chi connectivity index (χ3n) is 4.08. The number of aliphatic imine (C=N–C) groups is 1. The number of halogens is 1. The van der Waals surface area contributed by atoms with Gasteiger partial charge in [-0.15, -0.1) is 24.0 Å². The molecule has 0 atom stereocenters. The molecule has 3 N–H and O–H groups in total. The highest BCUT2D eigenvalue weighted by molar-refractivity contribution is 14.0. The molecule has 0 saturated heterocycles. The zero-order valence-corrected chi connectivity index (χ0v) is 19.9. The van der Waals surface area contributed by atoms with Crippen LogP contribution in [0.4, 0.5) is 0 Å². The van der Waals surface area contributed by atoms with E-state index in [1.807, 2.05) is 19.1 Å². The molecule has 0 heterocycles. The Morgan fingerprint density at radius 3 is 2.37 bits per heavy atom. The Labute approximate surface area is 181 Å². The summed E-state index contributed by atoms with van der Waals surface area (Å²) in [5.41, 5.74) is 0.995. The van der Waals surface area contributed by atoms with Crippen molar-refractivity contribution in [1.29, 1.82) is 0 Å². The lowest BCUT2D eigenvalue weighted by Gasteiger charge is -2.30. The average molecular weight is 492 g/mol. The number of benzene rings is 1. The number of phenols is 1. The van der Waals surface area contributed by atoms with Crippen LogP contribution in [0.25, 0.3) is 0 Å². The van der Waals surface area contributed by atoms with Gasteiger partial charge in [-0.05, 0) is 59.2 Å². The Bertz CT molecular complexity index is 557. The standard InChI is InChI=1S/C20H36N4O2.HI/c1-7-21-20(22-11-12-24(15(3)4)16(5)6)23-14-17-9-10-18(25)19(13-17)26-8-2;/h9-10,13,15-16,25H,7-8,11-12,14H2,1-6H3,(H2,21,22,23);1H. The minimum Gasteiger partial charge on any atom is -0.504 e. The SMILES string of the molecule is CCNC(=NCc1ccc(O)c(OCC)c1)NCCN(C(C)C)C(C)C.I. The molecule has 0 aliphatic rings. The molecule has 0 amide bonds. The first-order chi connectivity index (χ1) is 12.4. The Balaban J connectivity index is 0.00000676. The van der Waals surface area contributed by atoms with Gasteiger partial charge in [0.1, 0.15) is 0 Å². The quantitative estimate of drug-likeness (QED) is 0.265. The second kappa shape index (κ2) is 13.9. The van der Waals surface area contributed by atoms with E-state index < -0.39 is 0 Å². The molecule has 0 radical (unpaired) electrons. The molecule has 1 aromatic rings. The molecule has 1 rings (SSSR count). The van der Waals surface area contributed by atoms with E-state index in [1.54, 1.807) is 6.07 Å². The van der Waals surface area contributed by atoms with Crippen molar-refractivity contribution in [3.05, 3.63) is 23.8 Å². The van der Waals surface area contributed by atoms with Gasteiger partial charge in [-0.3, -0.25) is 4.90 Å². The molecule has 0 saturated carbocycles. The fourth-order valence-electron chi connectivity index (χ4n) is 2.86. The van der Waals surface area contributed by atoms with Gasteiger partial charge in [-0.2, -0.15) is 0 Å². The van der Waals surface area contributed by atoms with Crippen LogP contribution in [0, 0.1) is 0 Å². The summed E-state index contributed by atoms with van der Waals surface area (Å²) in [4.78, 5) is 7.09. The summed E-state index contributed by atoms with van der Waals surface area (Å²) in [5, 5.41) is 16.5. The molecule has 156 valence electrons. The van der Waals surface area contributed by atoms with Gasteiger partial charge < -0.3 is 20.5 Å². The normalized spacial score (nSPS) is 11.7. The molecule has 0 unspecified atom stereocenters. The van der Waals surface area contributed by atoms with E-state index in [-0.39, 0.29) is 29.7 Å². The third kappa shape index (κ3) is 9.51. The molecular formula is C20H37IN4O2. The highest BCUT2D eigenvalue weighted by Gasteiger charge is 2.12. The van der Waals surface area contributed by atoms with Gasteiger partial charge in [0.15, 0.2) is 17.5 Å². The number of rotatable bonds is 10. The smallest absolute Gasteiger partial charge is 0.191 e. The molecule has 0 aliphatic heterocycles. The minimum atomic E-state index is 0. The van der Waals surface area contributed by atoms with E-state index in [2.05, 4.69) is 55.1 Å². The first-order valence-corrected chi connectivity index (χ1v) is 9.61. The van der Waals surface area contributed by atoms with E-state index in [4.69, 9.17) is 4.74 Å². The van der Waals surface area contributed by atoms with Crippen LogP contribution in [0.3, 0.4) is 0 Å². The maximum Gasteiger partial charge on any atom is 0.191 e. The predicted molar refractivity (Wildman–Crippen MR) is 124 cm³/mol. The Hall–Kier alpha value is -1.22. The Morgan fingerprint density at radius 2 is 1.81 bits per heavy atom. The largest absolute Gasteiger partial charge is 0.504 e. The maximum atomic E-state index is 9.80. The zero-order chi connectivity index (χ0) is 19.5. The van der Waals surface area contributed by atoms with Gasteiger partial charge >= 0.3 is 0 Å². The summed E-state index contributed by atoms with van der Waals surface area (Å²) < 4.78 is 5.43. The molecule has 0 fully saturated rings. The lowest BCUT2D eigenvalue weighted by atomic mass is 10.2. The van der Waals surface area contributed by atoms with Crippen molar-refractivity contribution in [1.82, 2.24) is 15.5 Å². The summed E-state index contributed by atoms with van der Waals surface area (Å²) in [6, 6.07) is 6.39. The number of aromatic hydroxyl groups is 1. The molecule has 0 aromatic heterocycles. The molecule has 0 spiro atoms. The van der Waals surface area contributed by atoms with Gasteiger partial charge in [-0.1, -0.05) is 6.07 Å². The van der Waals surface area contributed by atoms with E-state index in [0.717, 1.165) is 31.2 Å². The van der Waals surface area contributed by atoms with Crippen molar-refractivity contribution in [3.8, 4) is 11.5 Å². The van der Waals surface area contributed by atoms with E-state index in [0.29, 0.717) is 31.0 Å². The topological polar surface area (TPSA) is 69.1 Å². The van der Waals surface area contributed by atoms with Crippen LogP contribution in [0.5, 0.6) is 11.5 Å². The van der Waals surface area contributed by atoms with Crippen molar-refractivity contribution < 1.29 is 9.84 Å². The number of hydrogen-bond acceptors (Lipinski definition) is 4. The van der Waals surface area contributed by atoms with Gasteiger partial charge in [0, 0.05) is 31.7 Å². The lowest BCUT2D eigenvalue weighted by Crippen LogP contribution is -2.45. The molecule has 7 heteroatoms. The minimum absolute atomic E-state index is 0. The first kappa shape index (κ1) is 25.8. The second-order valence-electron chi connectivity index (χ2n) is 6.78. The van der Waals surface area contributed by atoms with E-state index in [9.17, 15) is 5.11 Å². The van der Waals surface area contributed by atoms with Crippen LogP contribution in [-0.4, -0.2) is 54.3 Å². The van der Waals surface area contributed by atoms with Crippen LogP contribution < -0.4 is 15.4 Å². The zero-order valence-electron chi connectivity index (χ0n) is 17.6. The molecule has 0 aliphatic carbocycles. The van der Waals surface area contributed by atoms with Crippen molar-refractivity contribution in [2.45, 2.75) is 60.2 Å². The predicted octanol–water partition coefficient (Wildman–Crippen LogP) is 3.58. The Morgan fingerprint density at radius 1 is 1.15 bits per heavy atom. The summed E-state index contributed by atoms with van der Waals surface area (Å²) in [6.07, 6.45) is 0. The van der Waals surface area contributed by atoms with Gasteiger partial charge in [-0.25, -0.2) is 4.99 Å². The van der Waals surface area contributed by atoms with Crippen LogP contribution >= 0.6 is 24.0 Å². The third-order valence-corrected chi connectivity index (χ3v) is 4.08.